The van der Waals surface area contributed by atoms with Crippen molar-refractivity contribution in [1.82, 2.24) is 0 Å². The number of hydrogen-bond donors (Lipinski definition) is 3. The molecular formula is C14H22N2O3. The van der Waals surface area contributed by atoms with Crippen LogP contribution in [-0.4, -0.2) is 31.5 Å². The maximum absolute atomic E-state index is 8.96. The summed E-state index contributed by atoms with van der Waals surface area (Å²) >= 11 is 0. The molecule has 106 valence electrons. The molecule has 0 saturated carbocycles. The number of fused-ring (bicyclic) bond motifs is 1. The van der Waals surface area contributed by atoms with Gasteiger partial charge in [-0.2, -0.15) is 0 Å². The van der Waals surface area contributed by atoms with Gasteiger partial charge in [-0.05, 0) is 18.8 Å². The second-order valence-corrected chi connectivity index (χ2v) is 4.94. The van der Waals surface area contributed by atoms with E-state index in [1.807, 2.05) is 13.0 Å². The zero-order valence-electron chi connectivity index (χ0n) is 11.3. The third-order valence-electron chi connectivity index (χ3n) is 3.22. The summed E-state index contributed by atoms with van der Waals surface area (Å²) in [5, 5.41) is 12.3. The minimum Gasteiger partial charge on any atom is -0.486 e. The Morgan fingerprint density at radius 1 is 1.32 bits per heavy atom. The molecule has 1 atom stereocenters. The van der Waals surface area contributed by atoms with Gasteiger partial charge in [0.25, 0.3) is 0 Å². The highest BCUT2D eigenvalue weighted by Gasteiger charge is 2.14. The van der Waals surface area contributed by atoms with Crippen LogP contribution in [0.15, 0.2) is 12.1 Å². The third-order valence-corrected chi connectivity index (χ3v) is 3.22. The maximum Gasteiger partial charge on any atom is 0.163 e. The van der Waals surface area contributed by atoms with Gasteiger partial charge in [0, 0.05) is 25.3 Å². The van der Waals surface area contributed by atoms with Crippen LogP contribution in [0.25, 0.3) is 0 Å². The fourth-order valence-electron chi connectivity index (χ4n) is 2.02. The lowest BCUT2D eigenvalue weighted by atomic mass is 10.1. The Kier molecular flexibility index (Phi) is 4.74. The standard InChI is InChI=1S/C14H22N2O3/c1-10(9-17)3-2-4-16-12-8-14-13(7-11(12)15)18-5-6-19-14/h7-8,10,16-17H,2-6,9,15H2,1H3. The first-order valence-corrected chi connectivity index (χ1v) is 6.74. The van der Waals surface area contributed by atoms with E-state index in [9.17, 15) is 0 Å². The lowest BCUT2D eigenvalue weighted by Gasteiger charge is -2.20. The van der Waals surface area contributed by atoms with Crippen molar-refractivity contribution in [3.05, 3.63) is 12.1 Å². The Labute approximate surface area is 113 Å². The molecule has 0 amide bonds. The number of nitrogens with two attached hydrogens (primary N) is 1. The molecule has 2 rings (SSSR count). The largest absolute Gasteiger partial charge is 0.486 e. The number of aliphatic hydroxyl groups excluding tert-OH is 1. The van der Waals surface area contributed by atoms with E-state index in [1.165, 1.54) is 0 Å². The van der Waals surface area contributed by atoms with E-state index >= 15 is 0 Å². The molecule has 1 aliphatic rings. The molecule has 0 fully saturated rings. The Balaban J connectivity index is 1.89. The Bertz CT molecular complexity index is 423. The van der Waals surface area contributed by atoms with Crippen LogP contribution in [0, 0.1) is 5.92 Å². The molecule has 0 aliphatic carbocycles. The molecule has 1 aromatic carbocycles. The van der Waals surface area contributed by atoms with Crippen LogP contribution in [-0.2, 0) is 0 Å². The normalized spacial score (nSPS) is 15.1. The summed E-state index contributed by atoms with van der Waals surface area (Å²) in [7, 11) is 0. The van der Waals surface area contributed by atoms with E-state index in [-0.39, 0.29) is 6.61 Å². The average Bonchev–Trinajstić information content (AvgIpc) is 2.43. The fourth-order valence-corrected chi connectivity index (χ4v) is 2.02. The van der Waals surface area contributed by atoms with E-state index < -0.39 is 0 Å². The number of rotatable bonds is 6. The molecule has 5 heteroatoms. The van der Waals surface area contributed by atoms with Crippen molar-refractivity contribution in [3.8, 4) is 11.5 Å². The van der Waals surface area contributed by atoms with Gasteiger partial charge in [0.1, 0.15) is 13.2 Å². The molecular weight excluding hydrogens is 244 g/mol. The van der Waals surface area contributed by atoms with E-state index in [1.54, 1.807) is 6.07 Å². The summed E-state index contributed by atoms with van der Waals surface area (Å²) in [5.41, 5.74) is 7.52. The molecule has 0 aromatic heterocycles. The van der Waals surface area contributed by atoms with Gasteiger partial charge < -0.3 is 25.6 Å². The molecule has 0 spiro atoms. The van der Waals surface area contributed by atoms with Gasteiger partial charge in [-0.1, -0.05) is 6.92 Å². The van der Waals surface area contributed by atoms with Gasteiger partial charge in [-0.15, -0.1) is 0 Å². The second-order valence-electron chi connectivity index (χ2n) is 4.94. The summed E-state index contributed by atoms with van der Waals surface area (Å²) in [4.78, 5) is 0. The number of aliphatic hydroxyl groups is 1. The maximum atomic E-state index is 8.96. The van der Waals surface area contributed by atoms with Crippen LogP contribution in [0.4, 0.5) is 11.4 Å². The molecule has 0 bridgehead atoms. The van der Waals surface area contributed by atoms with Crippen LogP contribution in [0.1, 0.15) is 19.8 Å². The number of nitrogen functional groups attached to an aromatic ring is 1. The minimum absolute atomic E-state index is 0.242. The van der Waals surface area contributed by atoms with Crippen molar-refractivity contribution in [2.45, 2.75) is 19.8 Å². The lowest BCUT2D eigenvalue weighted by molar-refractivity contribution is 0.172. The second kappa shape index (κ2) is 6.52. The van der Waals surface area contributed by atoms with Crippen molar-refractivity contribution in [3.63, 3.8) is 0 Å². The lowest BCUT2D eigenvalue weighted by Crippen LogP contribution is -2.16. The SMILES string of the molecule is CC(CO)CCCNc1cc2c(cc1N)OCCO2. The molecule has 19 heavy (non-hydrogen) atoms. The number of ether oxygens (including phenoxy) is 2. The average molecular weight is 266 g/mol. The first kappa shape index (κ1) is 13.8. The highest BCUT2D eigenvalue weighted by Crippen LogP contribution is 2.36. The van der Waals surface area contributed by atoms with Crippen molar-refractivity contribution in [2.24, 2.45) is 5.92 Å². The number of nitrogens with one attached hydrogen (secondary N) is 1. The predicted octanol–water partition coefficient (Wildman–Crippen LogP) is 1.86. The summed E-state index contributed by atoms with van der Waals surface area (Å²) in [6.07, 6.45) is 1.99. The van der Waals surface area contributed by atoms with Crippen LogP contribution < -0.4 is 20.5 Å². The molecule has 4 N–H and O–H groups in total. The number of benzene rings is 1. The zero-order chi connectivity index (χ0) is 13.7. The van der Waals surface area contributed by atoms with Gasteiger partial charge in [0.05, 0.1) is 11.4 Å². The monoisotopic (exact) mass is 266 g/mol. The summed E-state index contributed by atoms with van der Waals surface area (Å²) in [5.74, 6) is 1.80. The van der Waals surface area contributed by atoms with Crippen LogP contribution in [0.2, 0.25) is 0 Å². The zero-order valence-corrected chi connectivity index (χ0v) is 11.3. The molecule has 1 heterocycles. The predicted molar refractivity (Wildman–Crippen MR) is 75.8 cm³/mol. The first-order chi connectivity index (χ1) is 9.20. The van der Waals surface area contributed by atoms with Gasteiger partial charge in [-0.25, -0.2) is 0 Å². The fraction of sp³-hybridized carbons (Fsp3) is 0.571. The van der Waals surface area contributed by atoms with Crippen molar-refractivity contribution in [2.75, 3.05) is 37.4 Å². The smallest absolute Gasteiger partial charge is 0.163 e. The summed E-state index contributed by atoms with van der Waals surface area (Å²) in [6.45, 7) is 4.25. The summed E-state index contributed by atoms with van der Waals surface area (Å²) in [6, 6.07) is 3.69. The number of anilines is 2. The first-order valence-electron chi connectivity index (χ1n) is 6.74. The Morgan fingerprint density at radius 2 is 2.00 bits per heavy atom. The summed E-state index contributed by atoms with van der Waals surface area (Å²) < 4.78 is 11.0. The van der Waals surface area contributed by atoms with Gasteiger partial charge >= 0.3 is 0 Å². The van der Waals surface area contributed by atoms with E-state index in [0.717, 1.165) is 30.8 Å². The third kappa shape index (κ3) is 3.67. The quantitative estimate of drug-likeness (QED) is 0.541. The van der Waals surface area contributed by atoms with Gasteiger partial charge in [-0.3, -0.25) is 0 Å². The highest BCUT2D eigenvalue weighted by molar-refractivity contribution is 5.72. The van der Waals surface area contributed by atoms with E-state index in [4.69, 9.17) is 20.3 Å². The van der Waals surface area contributed by atoms with Crippen LogP contribution >= 0.6 is 0 Å². The van der Waals surface area contributed by atoms with Crippen molar-refractivity contribution in [1.29, 1.82) is 0 Å². The highest BCUT2D eigenvalue weighted by atomic mass is 16.6. The van der Waals surface area contributed by atoms with Gasteiger partial charge in [0.15, 0.2) is 11.5 Å². The molecule has 1 unspecified atom stereocenters. The number of hydrogen-bond acceptors (Lipinski definition) is 5. The molecule has 1 aromatic rings. The van der Waals surface area contributed by atoms with Crippen LogP contribution in [0.3, 0.4) is 0 Å². The van der Waals surface area contributed by atoms with Crippen LogP contribution in [0.5, 0.6) is 11.5 Å². The Hall–Kier alpha value is -1.62. The van der Waals surface area contributed by atoms with E-state index in [2.05, 4.69) is 5.32 Å². The minimum atomic E-state index is 0.242. The van der Waals surface area contributed by atoms with E-state index in [0.29, 0.717) is 30.6 Å². The molecule has 1 aliphatic heterocycles. The Morgan fingerprint density at radius 3 is 2.68 bits per heavy atom. The topological polar surface area (TPSA) is 76.7 Å². The molecule has 5 nitrogen and oxygen atoms in total. The van der Waals surface area contributed by atoms with Crippen molar-refractivity contribution >= 4 is 11.4 Å². The van der Waals surface area contributed by atoms with Gasteiger partial charge in [0.2, 0.25) is 0 Å². The molecule has 0 saturated heterocycles. The van der Waals surface area contributed by atoms with Crippen molar-refractivity contribution < 1.29 is 14.6 Å². The molecule has 0 radical (unpaired) electrons.